The molecule has 0 saturated carbocycles. The molecule has 0 bridgehead atoms. The van der Waals surface area contributed by atoms with Gasteiger partial charge in [-0.05, 0) is 141 Å². The topological polar surface area (TPSA) is 78.9 Å². The van der Waals surface area contributed by atoms with Crippen LogP contribution in [0, 0.1) is 0 Å². The Balaban J connectivity index is 4.57. The van der Waals surface area contributed by atoms with Crippen LogP contribution in [-0.4, -0.2) is 37.2 Å². The van der Waals surface area contributed by atoms with E-state index in [1.165, 1.54) is 25.7 Å². The number of esters is 3. The third kappa shape index (κ3) is 56.1. The van der Waals surface area contributed by atoms with Gasteiger partial charge in [-0.1, -0.05) is 212 Å². The van der Waals surface area contributed by atoms with Crippen LogP contribution < -0.4 is 0 Å². The third-order valence-electron chi connectivity index (χ3n) is 11.3. The van der Waals surface area contributed by atoms with Crippen LogP contribution >= 0.6 is 0 Å². The number of unbranched alkanes of at least 4 members (excludes halogenated alkanes) is 14. The molecule has 0 heterocycles. The van der Waals surface area contributed by atoms with E-state index < -0.39 is 6.10 Å². The van der Waals surface area contributed by atoms with E-state index in [1.54, 1.807) is 0 Å². The Kier molecular flexibility index (Phi) is 54.0. The Morgan fingerprint density at radius 1 is 0.296 bits per heavy atom. The van der Waals surface area contributed by atoms with Crippen molar-refractivity contribution in [1.29, 1.82) is 0 Å². The maximum absolute atomic E-state index is 12.9. The summed E-state index contributed by atoms with van der Waals surface area (Å²) in [6.45, 7) is 6.30. The van der Waals surface area contributed by atoms with Gasteiger partial charge in [0.15, 0.2) is 6.10 Å². The van der Waals surface area contributed by atoms with Crippen LogP contribution in [0.1, 0.15) is 226 Å². The van der Waals surface area contributed by atoms with E-state index in [9.17, 15) is 14.4 Å². The van der Waals surface area contributed by atoms with E-state index in [2.05, 4.69) is 167 Å². The highest BCUT2D eigenvalue weighted by molar-refractivity contribution is 5.71. The van der Waals surface area contributed by atoms with Gasteiger partial charge in [-0.2, -0.15) is 0 Å². The minimum absolute atomic E-state index is 0.117. The summed E-state index contributed by atoms with van der Waals surface area (Å²) in [6.07, 6.45) is 82.6. The molecule has 71 heavy (non-hydrogen) atoms. The Hall–Kier alpha value is -4.71. The first kappa shape index (κ1) is 66.3. The molecule has 0 aliphatic rings. The molecule has 0 unspecified atom stereocenters. The molecule has 6 nitrogen and oxygen atoms in total. The van der Waals surface area contributed by atoms with E-state index >= 15 is 0 Å². The van der Waals surface area contributed by atoms with Crippen molar-refractivity contribution in [2.45, 2.75) is 232 Å². The SMILES string of the molecule is CC/C=C\C/C=C\C/C=C\C/C=C\C/C=C\CCCCCC(=O)OC[C@H](COC(=O)CCCCCC/C=C\C/C=C\C/C=C\C/C=C\CC)OC(=O)CCCCCC/C=C\C/C=C\C/C=C\CCCCC. The second-order valence-electron chi connectivity index (χ2n) is 18.1. The summed E-state index contributed by atoms with van der Waals surface area (Å²) >= 11 is 0. The Morgan fingerprint density at radius 3 is 0.859 bits per heavy atom. The minimum Gasteiger partial charge on any atom is -0.462 e. The number of allylic oxidation sites excluding steroid dienone is 24. The largest absolute Gasteiger partial charge is 0.462 e. The smallest absolute Gasteiger partial charge is 0.306 e. The first-order valence-corrected chi connectivity index (χ1v) is 28.3. The van der Waals surface area contributed by atoms with Crippen LogP contribution in [0.3, 0.4) is 0 Å². The first-order chi connectivity index (χ1) is 35.0. The normalized spacial score (nSPS) is 13.2. The molecule has 0 aromatic heterocycles. The lowest BCUT2D eigenvalue weighted by Gasteiger charge is -2.18. The van der Waals surface area contributed by atoms with Gasteiger partial charge in [0.25, 0.3) is 0 Å². The number of carbonyl (C=O) groups is 3. The standard InChI is InChI=1S/C65H102O6/c1-4-7-10-13-16-19-22-25-28-31-32-35-37-40-43-46-49-52-55-58-64(67)70-61-62(71-65(68)59-56-53-50-47-44-41-38-34-30-27-24-21-18-15-12-9-6-3)60-69-63(66)57-54-51-48-45-42-39-36-33-29-26-23-20-17-14-11-8-5-2/h7-8,10-11,16-21,25-30,32,35-36,38-41,43,62H,4-6,9,12-15,22-24,31,33-34,37,42,44-61H2,1-3H3/b10-7-,11-8-,19-16-,20-17-,21-18-,28-25-,29-26-,30-27-,35-32-,39-36-,41-38-,43-40-/t62-/m0/s1. The lowest BCUT2D eigenvalue weighted by molar-refractivity contribution is -0.167. The number of hydrogen-bond donors (Lipinski definition) is 0. The summed E-state index contributed by atoms with van der Waals surface area (Å²) in [5.74, 6) is -1.000. The molecule has 1 atom stereocenters. The van der Waals surface area contributed by atoms with Gasteiger partial charge in [-0.3, -0.25) is 14.4 Å². The molecule has 398 valence electrons. The maximum Gasteiger partial charge on any atom is 0.306 e. The van der Waals surface area contributed by atoms with Gasteiger partial charge < -0.3 is 14.2 Å². The van der Waals surface area contributed by atoms with Crippen molar-refractivity contribution in [2.75, 3.05) is 13.2 Å². The molecule has 0 aliphatic heterocycles. The minimum atomic E-state index is -0.821. The van der Waals surface area contributed by atoms with Crippen LogP contribution in [0.2, 0.25) is 0 Å². The van der Waals surface area contributed by atoms with Crippen molar-refractivity contribution in [3.8, 4) is 0 Å². The highest BCUT2D eigenvalue weighted by Gasteiger charge is 2.19. The Bertz CT molecular complexity index is 1590. The fourth-order valence-corrected chi connectivity index (χ4v) is 7.11. The number of carbonyl (C=O) groups excluding carboxylic acids is 3. The number of ether oxygens (including phenoxy) is 3. The summed E-state index contributed by atoms with van der Waals surface area (Å²) in [7, 11) is 0. The zero-order chi connectivity index (χ0) is 51.4. The fraction of sp³-hybridized carbons (Fsp3) is 0.585. The molecule has 0 rings (SSSR count). The van der Waals surface area contributed by atoms with Gasteiger partial charge in [0.2, 0.25) is 0 Å². The molecule has 0 amide bonds. The molecule has 0 N–H and O–H groups in total. The second-order valence-corrected chi connectivity index (χ2v) is 18.1. The van der Waals surface area contributed by atoms with Gasteiger partial charge in [0, 0.05) is 19.3 Å². The predicted molar refractivity (Wildman–Crippen MR) is 306 cm³/mol. The van der Waals surface area contributed by atoms with Crippen LogP contribution in [-0.2, 0) is 28.6 Å². The maximum atomic E-state index is 12.9. The predicted octanol–water partition coefficient (Wildman–Crippen LogP) is 19.2. The zero-order valence-electron chi connectivity index (χ0n) is 45.4. The summed E-state index contributed by atoms with van der Waals surface area (Å²) < 4.78 is 16.8. The van der Waals surface area contributed by atoms with Gasteiger partial charge >= 0.3 is 17.9 Å². The third-order valence-corrected chi connectivity index (χ3v) is 11.3. The van der Waals surface area contributed by atoms with E-state index in [1.807, 2.05) is 0 Å². The van der Waals surface area contributed by atoms with E-state index in [0.717, 1.165) is 161 Å². The van der Waals surface area contributed by atoms with E-state index in [0.29, 0.717) is 12.8 Å². The zero-order valence-corrected chi connectivity index (χ0v) is 45.4. The first-order valence-electron chi connectivity index (χ1n) is 28.3. The van der Waals surface area contributed by atoms with E-state index in [4.69, 9.17) is 14.2 Å². The van der Waals surface area contributed by atoms with Crippen molar-refractivity contribution in [1.82, 2.24) is 0 Å². The van der Waals surface area contributed by atoms with Crippen molar-refractivity contribution in [2.24, 2.45) is 0 Å². The molecule has 0 aromatic rings. The van der Waals surface area contributed by atoms with Gasteiger partial charge in [-0.15, -0.1) is 0 Å². The molecule has 0 radical (unpaired) electrons. The summed E-state index contributed by atoms with van der Waals surface area (Å²) in [6, 6.07) is 0. The summed E-state index contributed by atoms with van der Waals surface area (Å²) in [5, 5.41) is 0. The van der Waals surface area contributed by atoms with Crippen molar-refractivity contribution >= 4 is 17.9 Å². The highest BCUT2D eigenvalue weighted by atomic mass is 16.6. The molecule has 0 aromatic carbocycles. The lowest BCUT2D eigenvalue weighted by atomic mass is 10.1. The summed E-state index contributed by atoms with van der Waals surface area (Å²) in [4.78, 5) is 38.2. The van der Waals surface area contributed by atoms with Crippen molar-refractivity contribution in [3.05, 3.63) is 146 Å². The van der Waals surface area contributed by atoms with Crippen LogP contribution in [0.15, 0.2) is 146 Å². The van der Waals surface area contributed by atoms with Crippen LogP contribution in [0.4, 0.5) is 0 Å². The monoisotopic (exact) mass is 979 g/mol. The molecule has 0 fully saturated rings. The van der Waals surface area contributed by atoms with E-state index in [-0.39, 0.29) is 37.5 Å². The summed E-state index contributed by atoms with van der Waals surface area (Å²) in [5.41, 5.74) is 0. The fourth-order valence-electron chi connectivity index (χ4n) is 7.11. The average Bonchev–Trinajstić information content (AvgIpc) is 3.37. The lowest BCUT2D eigenvalue weighted by Crippen LogP contribution is -2.30. The molecule has 0 spiro atoms. The molecular weight excluding hydrogens is 877 g/mol. The number of rotatable bonds is 49. The quantitative estimate of drug-likeness (QED) is 0.0262. The highest BCUT2D eigenvalue weighted by Crippen LogP contribution is 2.12. The molecule has 0 saturated heterocycles. The van der Waals surface area contributed by atoms with Crippen LogP contribution in [0.25, 0.3) is 0 Å². The van der Waals surface area contributed by atoms with Crippen LogP contribution in [0.5, 0.6) is 0 Å². The van der Waals surface area contributed by atoms with Crippen molar-refractivity contribution in [3.63, 3.8) is 0 Å². The Labute approximate surface area is 436 Å². The Morgan fingerprint density at radius 2 is 0.549 bits per heavy atom. The second kappa shape index (κ2) is 57.9. The van der Waals surface area contributed by atoms with Gasteiger partial charge in [0.1, 0.15) is 13.2 Å². The van der Waals surface area contributed by atoms with Gasteiger partial charge in [-0.25, -0.2) is 0 Å². The average molecular weight is 980 g/mol. The number of hydrogen-bond acceptors (Lipinski definition) is 6. The van der Waals surface area contributed by atoms with Gasteiger partial charge in [0.05, 0.1) is 0 Å². The molecule has 0 aliphatic carbocycles. The molecular formula is C65H102O6. The molecule has 6 heteroatoms. The van der Waals surface area contributed by atoms with Crippen molar-refractivity contribution < 1.29 is 28.6 Å².